The first-order chi connectivity index (χ1) is 9.15. The molecule has 2 rings (SSSR count). The normalized spacial score (nSPS) is 33.8. The fraction of sp³-hybridized carbons (Fsp3) is 1.00. The van der Waals surface area contributed by atoms with Crippen LogP contribution in [0.5, 0.6) is 0 Å². The molecule has 3 heteroatoms. The van der Waals surface area contributed by atoms with Crippen molar-refractivity contribution < 1.29 is 9.47 Å². The van der Waals surface area contributed by atoms with Crippen molar-refractivity contribution in [3.8, 4) is 0 Å². The molecule has 0 aromatic carbocycles. The second-order valence-electron chi connectivity index (χ2n) is 6.84. The van der Waals surface area contributed by atoms with Crippen LogP contribution in [-0.2, 0) is 9.47 Å². The lowest BCUT2D eigenvalue weighted by Crippen LogP contribution is -2.45. The molecule has 0 amide bonds. The summed E-state index contributed by atoms with van der Waals surface area (Å²) in [6, 6.07) is 0. The summed E-state index contributed by atoms with van der Waals surface area (Å²) in [5.41, 5.74) is 6.00. The lowest BCUT2D eigenvalue weighted by atomic mass is 9.74. The largest absolute Gasteiger partial charge is 0.381 e. The van der Waals surface area contributed by atoms with Crippen molar-refractivity contribution in [3.63, 3.8) is 0 Å². The maximum absolute atomic E-state index is 6.31. The highest BCUT2D eigenvalue weighted by atomic mass is 16.5. The summed E-state index contributed by atoms with van der Waals surface area (Å²) in [5, 5.41) is 0. The van der Waals surface area contributed by atoms with Gasteiger partial charge in [0.05, 0.1) is 12.2 Å². The van der Waals surface area contributed by atoms with Gasteiger partial charge in [0.15, 0.2) is 0 Å². The summed E-state index contributed by atoms with van der Waals surface area (Å²) in [7, 11) is 0. The van der Waals surface area contributed by atoms with E-state index >= 15 is 0 Å². The van der Waals surface area contributed by atoms with Gasteiger partial charge >= 0.3 is 0 Å². The molecule has 112 valence electrons. The van der Waals surface area contributed by atoms with E-state index in [0.717, 1.165) is 57.3 Å². The van der Waals surface area contributed by atoms with Crippen molar-refractivity contribution in [1.29, 1.82) is 0 Å². The number of hydrogen-bond acceptors (Lipinski definition) is 3. The molecule has 1 saturated carbocycles. The van der Waals surface area contributed by atoms with Crippen LogP contribution in [0.4, 0.5) is 0 Å². The van der Waals surface area contributed by atoms with Gasteiger partial charge in [-0.1, -0.05) is 13.8 Å². The Balaban J connectivity index is 1.79. The van der Waals surface area contributed by atoms with Crippen molar-refractivity contribution in [3.05, 3.63) is 0 Å². The van der Waals surface area contributed by atoms with Gasteiger partial charge < -0.3 is 15.2 Å². The van der Waals surface area contributed by atoms with Crippen molar-refractivity contribution in [1.82, 2.24) is 0 Å². The summed E-state index contributed by atoms with van der Waals surface area (Å²) in [5.74, 6) is 2.35. The average Bonchev–Trinajstić information content (AvgIpc) is 2.46. The van der Waals surface area contributed by atoms with E-state index in [1.165, 1.54) is 12.8 Å². The molecule has 0 aromatic heterocycles. The van der Waals surface area contributed by atoms with Crippen LogP contribution in [0, 0.1) is 17.8 Å². The van der Waals surface area contributed by atoms with Crippen molar-refractivity contribution in [2.75, 3.05) is 26.4 Å². The van der Waals surface area contributed by atoms with Gasteiger partial charge in [-0.2, -0.15) is 0 Å². The molecule has 2 fully saturated rings. The Morgan fingerprint density at radius 2 is 1.79 bits per heavy atom. The van der Waals surface area contributed by atoms with Gasteiger partial charge in [-0.15, -0.1) is 0 Å². The van der Waals surface area contributed by atoms with Gasteiger partial charge in [0.25, 0.3) is 0 Å². The predicted octanol–water partition coefficient (Wildman–Crippen LogP) is 2.97. The van der Waals surface area contributed by atoms with E-state index in [2.05, 4.69) is 13.8 Å². The highest BCUT2D eigenvalue weighted by molar-refractivity contribution is 4.89. The molecule has 0 spiro atoms. The predicted molar refractivity (Wildman–Crippen MR) is 78.1 cm³/mol. The number of ether oxygens (including phenoxy) is 2. The van der Waals surface area contributed by atoms with Gasteiger partial charge in [0, 0.05) is 19.8 Å². The Bertz CT molecular complexity index is 253. The third-order valence-corrected chi connectivity index (χ3v) is 5.22. The highest BCUT2D eigenvalue weighted by Crippen LogP contribution is 2.38. The first-order valence-corrected chi connectivity index (χ1v) is 8.07. The molecular weight excluding hydrogens is 238 g/mol. The van der Waals surface area contributed by atoms with E-state index in [4.69, 9.17) is 15.2 Å². The lowest BCUT2D eigenvalue weighted by Gasteiger charge is -2.41. The molecule has 0 bridgehead atoms. The van der Waals surface area contributed by atoms with Gasteiger partial charge in [0.2, 0.25) is 0 Å². The van der Waals surface area contributed by atoms with E-state index < -0.39 is 0 Å². The first kappa shape index (κ1) is 15.3. The average molecular weight is 269 g/mol. The fourth-order valence-electron chi connectivity index (χ4n) is 3.45. The van der Waals surface area contributed by atoms with Gasteiger partial charge in [-0.3, -0.25) is 0 Å². The lowest BCUT2D eigenvalue weighted by molar-refractivity contribution is -0.0971. The minimum atomic E-state index is -0.0241. The molecule has 1 heterocycles. The van der Waals surface area contributed by atoms with E-state index in [-0.39, 0.29) is 5.60 Å². The Labute approximate surface area is 118 Å². The highest BCUT2D eigenvalue weighted by Gasteiger charge is 2.36. The SMILES string of the molecule is CC(C)C1CCC(CN)(OCC2CCOCC2)CC1. The van der Waals surface area contributed by atoms with Crippen molar-refractivity contribution in [2.24, 2.45) is 23.5 Å². The molecule has 1 aliphatic heterocycles. The summed E-state index contributed by atoms with van der Waals surface area (Å²) >= 11 is 0. The third-order valence-electron chi connectivity index (χ3n) is 5.22. The number of nitrogens with two attached hydrogens (primary N) is 1. The van der Waals surface area contributed by atoms with Crippen LogP contribution in [-0.4, -0.2) is 32.0 Å². The van der Waals surface area contributed by atoms with Crippen LogP contribution in [0.1, 0.15) is 52.4 Å². The van der Waals surface area contributed by atoms with Crippen LogP contribution in [0.2, 0.25) is 0 Å². The molecular formula is C16H31NO2. The van der Waals surface area contributed by atoms with Crippen LogP contribution in [0.25, 0.3) is 0 Å². The smallest absolute Gasteiger partial charge is 0.0804 e. The van der Waals surface area contributed by atoms with E-state index in [0.29, 0.717) is 12.5 Å². The van der Waals surface area contributed by atoms with Crippen LogP contribution < -0.4 is 5.73 Å². The van der Waals surface area contributed by atoms with Crippen molar-refractivity contribution >= 4 is 0 Å². The molecule has 1 saturated heterocycles. The first-order valence-electron chi connectivity index (χ1n) is 8.07. The zero-order valence-corrected chi connectivity index (χ0v) is 12.7. The Morgan fingerprint density at radius 1 is 1.16 bits per heavy atom. The minimum Gasteiger partial charge on any atom is -0.381 e. The fourth-order valence-corrected chi connectivity index (χ4v) is 3.45. The zero-order valence-electron chi connectivity index (χ0n) is 12.7. The van der Waals surface area contributed by atoms with Gasteiger partial charge in [-0.05, 0) is 56.3 Å². The van der Waals surface area contributed by atoms with Crippen LogP contribution in [0.15, 0.2) is 0 Å². The molecule has 19 heavy (non-hydrogen) atoms. The number of rotatable bonds is 5. The second-order valence-corrected chi connectivity index (χ2v) is 6.84. The molecule has 0 aromatic rings. The van der Waals surface area contributed by atoms with Crippen molar-refractivity contribution in [2.45, 2.75) is 58.0 Å². The Hall–Kier alpha value is -0.120. The standard InChI is InChI=1S/C16H31NO2/c1-13(2)15-3-7-16(12-17,8-4-15)19-11-14-5-9-18-10-6-14/h13-15H,3-12,17H2,1-2H3. The quantitative estimate of drug-likeness (QED) is 0.834. The van der Waals surface area contributed by atoms with E-state index in [1.807, 2.05) is 0 Å². The molecule has 0 unspecified atom stereocenters. The molecule has 2 N–H and O–H groups in total. The van der Waals surface area contributed by atoms with E-state index in [9.17, 15) is 0 Å². The van der Waals surface area contributed by atoms with Gasteiger partial charge in [0.1, 0.15) is 0 Å². The van der Waals surface area contributed by atoms with E-state index in [1.54, 1.807) is 0 Å². The number of hydrogen-bond donors (Lipinski definition) is 1. The zero-order chi connectivity index (χ0) is 13.7. The van der Waals surface area contributed by atoms with Gasteiger partial charge in [-0.25, -0.2) is 0 Å². The maximum atomic E-state index is 6.31. The monoisotopic (exact) mass is 269 g/mol. The molecule has 1 aliphatic carbocycles. The molecule has 0 atom stereocenters. The summed E-state index contributed by atoms with van der Waals surface area (Å²) in [4.78, 5) is 0. The maximum Gasteiger partial charge on any atom is 0.0804 e. The topological polar surface area (TPSA) is 44.5 Å². The third kappa shape index (κ3) is 4.17. The Morgan fingerprint density at radius 3 is 2.32 bits per heavy atom. The summed E-state index contributed by atoms with van der Waals surface area (Å²) in [6.07, 6.45) is 7.15. The Kier molecular flexibility index (Phi) is 5.67. The van der Waals surface area contributed by atoms with Crippen LogP contribution in [0.3, 0.4) is 0 Å². The second kappa shape index (κ2) is 7.05. The summed E-state index contributed by atoms with van der Waals surface area (Å²) in [6.45, 7) is 8.04. The van der Waals surface area contributed by atoms with Crippen LogP contribution >= 0.6 is 0 Å². The minimum absolute atomic E-state index is 0.0241. The molecule has 2 aliphatic rings. The summed E-state index contributed by atoms with van der Waals surface area (Å²) < 4.78 is 11.7. The molecule has 3 nitrogen and oxygen atoms in total. The molecule has 0 radical (unpaired) electrons.